The molecule has 0 N–H and O–H groups in total. The van der Waals surface area contributed by atoms with Gasteiger partial charge in [0.1, 0.15) is 6.61 Å². The van der Waals surface area contributed by atoms with Crippen LogP contribution in [0.4, 0.5) is 13.2 Å². The molecule has 31 heavy (non-hydrogen) atoms. The lowest BCUT2D eigenvalue weighted by atomic mass is 9.97. The van der Waals surface area contributed by atoms with Gasteiger partial charge in [-0.05, 0) is 71.5 Å². The summed E-state index contributed by atoms with van der Waals surface area (Å²) in [6.07, 6.45) is 2.04. The number of hydrogen-bond acceptors (Lipinski definition) is 3. The van der Waals surface area contributed by atoms with Crippen molar-refractivity contribution in [3.05, 3.63) is 89.5 Å². The summed E-state index contributed by atoms with van der Waals surface area (Å²) >= 11 is -0.110. The van der Waals surface area contributed by atoms with Gasteiger partial charge in [-0.2, -0.15) is 13.2 Å². The molecule has 160 valence electrons. The molecule has 1 aliphatic carbocycles. The Morgan fingerprint density at radius 1 is 0.968 bits per heavy atom. The second kappa shape index (κ2) is 9.18. The molecule has 6 heteroatoms. The summed E-state index contributed by atoms with van der Waals surface area (Å²) in [7, 11) is 0. The number of halogens is 3. The monoisotopic (exact) mass is 441 g/mol. The lowest BCUT2D eigenvalue weighted by molar-refractivity contribution is -0.0328. The smallest absolute Gasteiger partial charge is 0.391 e. The topological polar surface area (TPSA) is 21.6 Å². The van der Waals surface area contributed by atoms with Crippen LogP contribution in [0.5, 0.6) is 0 Å². The summed E-state index contributed by atoms with van der Waals surface area (Å²) in [6.45, 7) is 2.41. The molecule has 2 nitrogen and oxygen atoms in total. The van der Waals surface area contributed by atoms with Crippen molar-refractivity contribution in [3.8, 4) is 11.1 Å². The molecule has 0 radical (unpaired) electrons. The van der Waals surface area contributed by atoms with Crippen LogP contribution >= 0.6 is 11.8 Å². The predicted molar refractivity (Wildman–Crippen MR) is 119 cm³/mol. The highest BCUT2D eigenvalue weighted by Gasteiger charge is 2.31. The van der Waals surface area contributed by atoms with Crippen LogP contribution in [0.15, 0.2) is 82.8 Å². The van der Waals surface area contributed by atoms with Gasteiger partial charge in [0, 0.05) is 10.8 Å². The maximum atomic E-state index is 12.6. The van der Waals surface area contributed by atoms with Gasteiger partial charge in [-0.15, -0.1) is 0 Å². The summed E-state index contributed by atoms with van der Waals surface area (Å²) in [6, 6.07) is 22.7. The van der Waals surface area contributed by atoms with E-state index in [2.05, 4.69) is 30.3 Å². The van der Waals surface area contributed by atoms with Crippen LogP contribution in [0.25, 0.3) is 11.1 Å². The van der Waals surface area contributed by atoms with Crippen LogP contribution in [-0.2, 0) is 11.4 Å². The maximum absolute atomic E-state index is 12.6. The van der Waals surface area contributed by atoms with E-state index in [9.17, 15) is 13.2 Å². The molecule has 1 saturated carbocycles. The van der Waals surface area contributed by atoms with Crippen molar-refractivity contribution in [2.75, 3.05) is 0 Å². The van der Waals surface area contributed by atoms with E-state index in [1.807, 2.05) is 30.3 Å². The van der Waals surface area contributed by atoms with Crippen LogP contribution in [0.2, 0.25) is 0 Å². The molecule has 3 aromatic carbocycles. The quantitative estimate of drug-likeness (QED) is 0.214. The van der Waals surface area contributed by atoms with Crippen LogP contribution in [0, 0.1) is 12.8 Å². The highest BCUT2D eigenvalue weighted by Crippen LogP contribution is 2.38. The van der Waals surface area contributed by atoms with E-state index in [-0.39, 0.29) is 16.7 Å². The number of benzene rings is 3. The first-order chi connectivity index (χ1) is 14.9. The fourth-order valence-corrected chi connectivity index (χ4v) is 4.03. The predicted octanol–water partition coefficient (Wildman–Crippen LogP) is 7.60. The Morgan fingerprint density at radius 3 is 2.32 bits per heavy atom. The Balaban J connectivity index is 1.48. The number of thioether (sulfide) groups is 1. The van der Waals surface area contributed by atoms with E-state index in [1.165, 1.54) is 12.1 Å². The first-order valence-corrected chi connectivity index (χ1v) is 10.9. The minimum absolute atomic E-state index is 0.110. The fourth-order valence-electron chi connectivity index (χ4n) is 3.49. The zero-order valence-electron chi connectivity index (χ0n) is 17.0. The molecule has 0 aliphatic heterocycles. The lowest BCUT2D eigenvalue weighted by Crippen LogP contribution is -2.06. The van der Waals surface area contributed by atoms with Crippen molar-refractivity contribution in [1.29, 1.82) is 0 Å². The molecular formula is C25H22F3NOS. The van der Waals surface area contributed by atoms with Crippen molar-refractivity contribution < 1.29 is 18.0 Å². The third kappa shape index (κ3) is 5.70. The highest BCUT2D eigenvalue weighted by molar-refractivity contribution is 8.00. The average Bonchev–Trinajstić information content (AvgIpc) is 3.58. The van der Waals surface area contributed by atoms with Gasteiger partial charge in [-0.25, -0.2) is 0 Å². The molecule has 1 aliphatic rings. The van der Waals surface area contributed by atoms with Crippen molar-refractivity contribution in [2.45, 2.75) is 36.8 Å². The third-order valence-corrected chi connectivity index (χ3v) is 6.00. The number of oxime groups is 1. The van der Waals surface area contributed by atoms with Crippen molar-refractivity contribution in [2.24, 2.45) is 11.1 Å². The Labute approximate surface area is 184 Å². The molecular weight excluding hydrogens is 419 g/mol. The SMILES string of the molecule is Cc1c(CO/N=C(/c2ccc(SC(F)(F)F)cc2)C2CC2)cccc1-c1ccccc1. The van der Waals surface area contributed by atoms with Crippen molar-refractivity contribution >= 4 is 17.5 Å². The number of alkyl halides is 3. The Morgan fingerprint density at radius 2 is 1.68 bits per heavy atom. The molecule has 4 rings (SSSR count). The van der Waals surface area contributed by atoms with Crippen molar-refractivity contribution in [3.63, 3.8) is 0 Å². The summed E-state index contributed by atoms with van der Waals surface area (Å²) in [5.74, 6) is 0.304. The van der Waals surface area contributed by atoms with Gasteiger partial charge in [-0.1, -0.05) is 65.8 Å². The molecule has 0 saturated heterocycles. The molecule has 0 heterocycles. The van der Waals surface area contributed by atoms with Crippen molar-refractivity contribution in [1.82, 2.24) is 0 Å². The summed E-state index contributed by atoms with van der Waals surface area (Å²) in [5, 5.41) is 4.39. The van der Waals surface area contributed by atoms with E-state index in [0.717, 1.165) is 46.4 Å². The maximum Gasteiger partial charge on any atom is 0.446 e. The van der Waals surface area contributed by atoms with Gasteiger partial charge in [0.25, 0.3) is 0 Å². The molecule has 0 atom stereocenters. The third-order valence-electron chi connectivity index (χ3n) is 5.26. The minimum atomic E-state index is -4.29. The van der Waals surface area contributed by atoms with Gasteiger partial charge in [-0.3, -0.25) is 0 Å². The normalized spacial score (nSPS) is 14.5. The molecule has 0 spiro atoms. The van der Waals surface area contributed by atoms with E-state index in [1.54, 1.807) is 12.1 Å². The first kappa shape index (κ1) is 21.5. The highest BCUT2D eigenvalue weighted by atomic mass is 32.2. The number of nitrogens with zero attached hydrogens (tertiary/aromatic N) is 1. The largest absolute Gasteiger partial charge is 0.446 e. The Kier molecular flexibility index (Phi) is 6.37. The Hall–Kier alpha value is -2.73. The lowest BCUT2D eigenvalue weighted by Gasteiger charge is -2.12. The van der Waals surface area contributed by atoms with E-state index < -0.39 is 5.51 Å². The van der Waals surface area contributed by atoms with Crippen LogP contribution < -0.4 is 0 Å². The number of rotatable bonds is 7. The van der Waals surface area contributed by atoms with Gasteiger partial charge < -0.3 is 4.84 Å². The molecule has 0 bridgehead atoms. The van der Waals surface area contributed by atoms with E-state index in [4.69, 9.17) is 4.84 Å². The summed E-state index contributed by atoms with van der Waals surface area (Å²) < 4.78 is 37.7. The molecule has 1 fully saturated rings. The van der Waals surface area contributed by atoms with Crippen LogP contribution in [-0.4, -0.2) is 11.2 Å². The van der Waals surface area contributed by atoms with E-state index in [0.29, 0.717) is 12.5 Å². The zero-order valence-corrected chi connectivity index (χ0v) is 17.8. The standard InChI is InChI=1S/C25H22F3NOS/c1-17-21(8-5-9-23(17)18-6-3-2-4-7-18)16-30-29-24(19-10-11-19)20-12-14-22(15-13-20)31-25(26,27)28/h2-9,12-15,19H,10-11,16H2,1H3/b29-24+. The summed E-state index contributed by atoms with van der Waals surface area (Å²) in [4.78, 5) is 5.89. The number of hydrogen-bond donors (Lipinski definition) is 0. The Bertz CT molecular complexity index is 1060. The molecule has 0 aromatic heterocycles. The van der Waals surface area contributed by atoms with Gasteiger partial charge >= 0.3 is 5.51 Å². The molecule has 3 aromatic rings. The average molecular weight is 442 g/mol. The second-order valence-corrected chi connectivity index (χ2v) is 8.69. The van der Waals surface area contributed by atoms with Gasteiger partial charge in [0.2, 0.25) is 0 Å². The zero-order chi connectivity index (χ0) is 21.8. The first-order valence-electron chi connectivity index (χ1n) is 10.1. The molecule has 0 amide bonds. The summed E-state index contributed by atoms with van der Waals surface area (Å²) in [5.41, 5.74) is 1.84. The fraction of sp³-hybridized carbons (Fsp3) is 0.240. The van der Waals surface area contributed by atoms with Crippen LogP contribution in [0.3, 0.4) is 0 Å². The molecule has 0 unspecified atom stereocenters. The van der Waals surface area contributed by atoms with Gasteiger partial charge in [0.15, 0.2) is 0 Å². The second-order valence-electron chi connectivity index (χ2n) is 7.55. The van der Waals surface area contributed by atoms with Gasteiger partial charge in [0.05, 0.1) is 5.71 Å². The minimum Gasteiger partial charge on any atom is -0.391 e. The van der Waals surface area contributed by atoms with E-state index >= 15 is 0 Å². The van der Waals surface area contributed by atoms with Crippen LogP contribution in [0.1, 0.15) is 29.5 Å².